The minimum atomic E-state index is -4.18. The fourth-order valence-corrected chi connectivity index (χ4v) is 5.96. The molecule has 0 aliphatic carbocycles. The molecular weight excluding hydrogens is 574 g/mol. The molecule has 0 fully saturated rings. The van der Waals surface area contributed by atoms with E-state index in [9.17, 15) is 18.0 Å². The lowest BCUT2D eigenvalue weighted by Crippen LogP contribution is -2.53. The van der Waals surface area contributed by atoms with Gasteiger partial charge in [0.15, 0.2) is 0 Å². The van der Waals surface area contributed by atoms with Gasteiger partial charge in [-0.15, -0.1) is 0 Å². The molecule has 2 atom stereocenters. The number of carbonyl (C=O) groups excluding carboxylic acids is 2. The number of hydrogen-bond acceptors (Lipinski definition) is 5. The molecule has 0 saturated heterocycles. The van der Waals surface area contributed by atoms with E-state index in [0.717, 1.165) is 27.4 Å². The summed E-state index contributed by atoms with van der Waals surface area (Å²) >= 11 is 6.03. The Kier molecular flexibility index (Phi) is 11.4. The maximum Gasteiger partial charge on any atom is 0.264 e. The third-order valence-electron chi connectivity index (χ3n) is 7.36. The summed E-state index contributed by atoms with van der Waals surface area (Å²) in [7, 11) is -2.61. The van der Waals surface area contributed by atoms with E-state index in [1.54, 1.807) is 31.4 Å². The maximum atomic E-state index is 14.2. The molecular formula is C32H40ClN3O5S. The van der Waals surface area contributed by atoms with Gasteiger partial charge in [-0.05, 0) is 98.8 Å². The summed E-state index contributed by atoms with van der Waals surface area (Å²) in [5.74, 6) is -0.132. The van der Waals surface area contributed by atoms with Crippen LogP contribution in [0.1, 0.15) is 50.3 Å². The SMILES string of the molecule is CC[C@@H](C)NC(=O)[C@@H](CC)N(Cc1ccc(OC)cc1)C(=O)CN(c1ccc(C)c(C)c1)S(=O)(=O)c1ccc(Cl)cc1. The van der Waals surface area contributed by atoms with Gasteiger partial charge in [-0.1, -0.05) is 43.6 Å². The van der Waals surface area contributed by atoms with Gasteiger partial charge in [0.2, 0.25) is 11.8 Å². The number of nitrogens with one attached hydrogen (secondary N) is 1. The number of amides is 2. The van der Waals surface area contributed by atoms with Crippen LogP contribution in [-0.2, 0) is 26.2 Å². The normalized spacial score (nSPS) is 12.7. The number of benzene rings is 3. The van der Waals surface area contributed by atoms with Gasteiger partial charge < -0.3 is 15.0 Å². The summed E-state index contributed by atoms with van der Waals surface area (Å²) in [6.07, 6.45) is 1.08. The van der Waals surface area contributed by atoms with Gasteiger partial charge in [0, 0.05) is 17.6 Å². The van der Waals surface area contributed by atoms with Crippen molar-refractivity contribution in [1.29, 1.82) is 0 Å². The van der Waals surface area contributed by atoms with E-state index in [1.165, 1.54) is 29.2 Å². The van der Waals surface area contributed by atoms with E-state index >= 15 is 0 Å². The standard InChI is InChI=1S/C32H40ClN3O5S/c1-7-24(5)34-32(38)30(8-2)35(20-25-10-15-28(41-6)16-11-25)31(37)21-36(27-14-9-22(3)23(4)19-27)42(39,40)29-17-12-26(33)13-18-29/h9-19,24,30H,7-8,20-21H2,1-6H3,(H,34,38)/t24-,30-/m1/s1. The number of carbonyl (C=O) groups is 2. The van der Waals surface area contributed by atoms with E-state index < -0.39 is 28.5 Å². The van der Waals surface area contributed by atoms with Gasteiger partial charge in [-0.25, -0.2) is 8.42 Å². The highest BCUT2D eigenvalue weighted by Crippen LogP contribution is 2.27. The van der Waals surface area contributed by atoms with Crippen LogP contribution >= 0.6 is 11.6 Å². The monoisotopic (exact) mass is 613 g/mol. The number of hydrogen-bond donors (Lipinski definition) is 1. The molecule has 3 rings (SSSR count). The van der Waals surface area contributed by atoms with Crippen molar-refractivity contribution in [3.63, 3.8) is 0 Å². The lowest BCUT2D eigenvalue weighted by Gasteiger charge is -2.34. The van der Waals surface area contributed by atoms with E-state index in [0.29, 0.717) is 22.9 Å². The summed E-state index contributed by atoms with van der Waals surface area (Å²) in [4.78, 5) is 29.1. The van der Waals surface area contributed by atoms with E-state index in [2.05, 4.69) is 5.32 Å². The number of aryl methyl sites for hydroxylation is 2. The average molecular weight is 614 g/mol. The number of sulfonamides is 1. The fourth-order valence-electron chi connectivity index (χ4n) is 4.43. The Labute approximate surface area is 254 Å². The number of ether oxygens (including phenoxy) is 1. The topological polar surface area (TPSA) is 96.0 Å². The second-order valence-electron chi connectivity index (χ2n) is 10.3. The summed E-state index contributed by atoms with van der Waals surface area (Å²) in [5.41, 5.74) is 2.99. The highest BCUT2D eigenvalue weighted by molar-refractivity contribution is 7.92. The van der Waals surface area contributed by atoms with Gasteiger partial charge in [0.25, 0.3) is 10.0 Å². The van der Waals surface area contributed by atoms with Crippen molar-refractivity contribution in [1.82, 2.24) is 10.2 Å². The molecule has 0 heterocycles. The van der Waals surface area contributed by atoms with Crippen LogP contribution in [0, 0.1) is 13.8 Å². The molecule has 0 bridgehead atoms. The lowest BCUT2D eigenvalue weighted by atomic mass is 10.1. The zero-order chi connectivity index (χ0) is 31.0. The molecule has 8 nitrogen and oxygen atoms in total. The Hall–Kier alpha value is -3.56. The Morgan fingerprint density at radius 1 is 0.929 bits per heavy atom. The summed E-state index contributed by atoms with van der Waals surface area (Å²) in [6, 6.07) is 17.4. The number of halogens is 1. The molecule has 0 saturated carbocycles. The van der Waals surface area contributed by atoms with Gasteiger partial charge >= 0.3 is 0 Å². The molecule has 0 aliphatic rings. The largest absolute Gasteiger partial charge is 0.497 e. The van der Waals surface area contributed by atoms with Gasteiger partial charge in [0.1, 0.15) is 18.3 Å². The van der Waals surface area contributed by atoms with Crippen LogP contribution in [0.25, 0.3) is 0 Å². The Morgan fingerprint density at radius 2 is 1.57 bits per heavy atom. The first-order valence-corrected chi connectivity index (χ1v) is 15.8. The Bertz CT molecular complexity index is 1480. The third kappa shape index (κ3) is 8.04. The van der Waals surface area contributed by atoms with Crippen LogP contribution in [0.4, 0.5) is 5.69 Å². The molecule has 10 heteroatoms. The van der Waals surface area contributed by atoms with Crippen LogP contribution in [0.5, 0.6) is 5.75 Å². The molecule has 226 valence electrons. The van der Waals surface area contributed by atoms with Gasteiger partial charge in [-0.3, -0.25) is 13.9 Å². The summed E-state index contributed by atoms with van der Waals surface area (Å²) in [6.45, 7) is 9.13. The number of nitrogens with zero attached hydrogens (tertiary/aromatic N) is 2. The second-order valence-corrected chi connectivity index (χ2v) is 12.6. The number of rotatable bonds is 13. The predicted octanol–water partition coefficient (Wildman–Crippen LogP) is 5.88. The van der Waals surface area contributed by atoms with Gasteiger partial charge in [0.05, 0.1) is 17.7 Å². The minimum Gasteiger partial charge on any atom is -0.497 e. The second kappa shape index (κ2) is 14.6. The Morgan fingerprint density at radius 3 is 2.12 bits per heavy atom. The zero-order valence-corrected chi connectivity index (χ0v) is 26.6. The lowest BCUT2D eigenvalue weighted by molar-refractivity contribution is -0.140. The Balaban J connectivity index is 2.08. The number of methoxy groups -OCH3 is 1. The molecule has 2 amide bonds. The first-order valence-electron chi connectivity index (χ1n) is 14.0. The molecule has 3 aromatic rings. The third-order valence-corrected chi connectivity index (χ3v) is 9.40. The van der Waals surface area contributed by atoms with Crippen molar-refractivity contribution in [2.75, 3.05) is 18.0 Å². The molecule has 0 aromatic heterocycles. The van der Waals surface area contributed by atoms with E-state index in [1.807, 2.05) is 52.8 Å². The van der Waals surface area contributed by atoms with Crippen LogP contribution in [0.15, 0.2) is 71.6 Å². The van der Waals surface area contributed by atoms with Crippen molar-refractivity contribution < 1.29 is 22.7 Å². The van der Waals surface area contributed by atoms with Crippen molar-refractivity contribution in [3.8, 4) is 5.75 Å². The molecule has 42 heavy (non-hydrogen) atoms. The summed E-state index contributed by atoms with van der Waals surface area (Å²) < 4.78 is 34.4. The van der Waals surface area contributed by atoms with E-state index in [-0.39, 0.29) is 23.4 Å². The first kappa shape index (κ1) is 32.9. The molecule has 0 aliphatic heterocycles. The highest BCUT2D eigenvalue weighted by Gasteiger charge is 2.34. The zero-order valence-electron chi connectivity index (χ0n) is 25.1. The van der Waals surface area contributed by atoms with Crippen molar-refractivity contribution in [3.05, 3.63) is 88.4 Å². The van der Waals surface area contributed by atoms with Crippen LogP contribution in [0.3, 0.4) is 0 Å². The smallest absolute Gasteiger partial charge is 0.264 e. The molecule has 0 radical (unpaired) electrons. The highest BCUT2D eigenvalue weighted by atomic mass is 35.5. The summed E-state index contributed by atoms with van der Waals surface area (Å²) in [5, 5.41) is 3.38. The van der Waals surface area contributed by atoms with E-state index in [4.69, 9.17) is 16.3 Å². The quantitative estimate of drug-likeness (QED) is 0.260. The molecule has 1 N–H and O–H groups in total. The average Bonchev–Trinajstić information content (AvgIpc) is 2.97. The van der Waals surface area contributed by atoms with Crippen LogP contribution in [-0.4, -0.2) is 50.9 Å². The minimum absolute atomic E-state index is 0.00110. The van der Waals surface area contributed by atoms with Crippen molar-refractivity contribution >= 4 is 39.1 Å². The molecule has 0 spiro atoms. The van der Waals surface area contributed by atoms with Crippen molar-refractivity contribution in [2.45, 2.75) is 71.0 Å². The maximum absolute atomic E-state index is 14.2. The molecule has 0 unspecified atom stereocenters. The van der Waals surface area contributed by atoms with Crippen LogP contribution in [0.2, 0.25) is 5.02 Å². The van der Waals surface area contributed by atoms with Crippen LogP contribution < -0.4 is 14.4 Å². The first-order chi connectivity index (χ1) is 19.9. The predicted molar refractivity (Wildman–Crippen MR) is 167 cm³/mol. The van der Waals surface area contributed by atoms with Crippen molar-refractivity contribution in [2.24, 2.45) is 0 Å². The fraction of sp³-hybridized carbons (Fsp3) is 0.375. The number of anilines is 1. The van der Waals surface area contributed by atoms with Gasteiger partial charge in [-0.2, -0.15) is 0 Å². The molecule has 3 aromatic carbocycles.